The van der Waals surface area contributed by atoms with Crippen molar-refractivity contribution in [3.8, 4) is 5.88 Å². The summed E-state index contributed by atoms with van der Waals surface area (Å²) >= 11 is 0. The second kappa shape index (κ2) is 9.07. The maximum Gasteiger partial charge on any atom is 0.305 e. The van der Waals surface area contributed by atoms with Crippen LogP contribution in [0.4, 0.5) is 13.2 Å². The van der Waals surface area contributed by atoms with Crippen molar-refractivity contribution >= 4 is 17.4 Å². The Morgan fingerprint density at radius 3 is 2.52 bits per heavy atom. The van der Waals surface area contributed by atoms with Gasteiger partial charge in [0.1, 0.15) is 12.4 Å². The van der Waals surface area contributed by atoms with E-state index in [0.717, 1.165) is 18.1 Å². The summed E-state index contributed by atoms with van der Waals surface area (Å²) in [6.07, 6.45) is 1.54. The lowest BCUT2D eigenvalue weighted by molar-refractivity contribution is -0.137. The highest BCUT2D eigenvalue weighted by atomic mass is 19.2. The number of hydrogen-bond donors (Lipinski definition) is 1. The SMILES string of the molecule is Cc1cc(OCc2c(F)ccc(F)c2F)n2nc(C)c(C(N)=O)c2c1.O=C1CCCO1. The van der Waals surface area contributed by atoms with Crippen molar-refractivity contribution in [2.45, 2.75) is 33.3 Å². The molecule has 3 aromatic rings. The number of nitrogens with two attached hydrogens (primary N) is 1. The van der Waals surface area contributed by atoms with Crippen molar-refractivity contribution in [3.63, 3.8) is 0 Å². The number of esters is 1. The van der Waals surface area contributed by atoms with Crippen LogP contribution in [-0.4, -0.2) is 28.1 Å². The Kier molecular flexibility index (Phi) is 6.47. The Bertz CT molecular complexity index is 1150. The third-order valence-electron chi connectivity index (χ3n) is 4.56. The zero-order chi connectivity index (χ0) is 22.7. The average molecular weight is 435 g/mol. The van der Waals surface area contributed by atoms with E-state index in [1.807, 2.05) is 0 Å². The highest BCUT2D eigenvalue weighted by Gasteiger charge is 2.19. The summed E-state index contributed by atoms with van der Waals surface area (Å²) in [5.41, 5.74) is 6.61. The number of primary amides is 1. The minimum atomic E-state index is -1.31. The first-order chi connectivity index (χ1) is 14.7. The fraction of sp³-hybridized carbons (Fsp3) is 0.286. The largest absolute Gasteiger partial charge is 0.473 e. The molecule has 1 saturated heterocycles. The van der Waals surface area contributed by atoms with E-state index >= 15 is 0 Å². The van der Waals surface area contributed by atoms with Crippen LogP contribution in [-0.2, 0) is 16.1 Å². The van der Waals surface area contributed by atoms with Crippen LogP contribution in [0, 0.1) is 31.3 Å². The summed E-state index contributed by atoms with van der Waals surface area (Å²) in [6.45, 7) is 3.46. The van der Waals surface area contributed by atoms with Gasteiger partial charge in [-0.05, 0) is 44.0 Å². The Hall–Kier alpha value is -3.56. The first kappa shape index (κ1) is 22.1. The molecule has 164 valence electrons. The number of ether oxygens (including phenoxy) is 2. The highest BCUT2D eigenvalue weighted by Crippen LogP contribution is 2.25. The molecule has 0 aliphatic carbocycles. The van der Waals surface area contributed by atoms with E-state index in [0.29, 0.717) is 30.3 Å². The van der Waals surface area contributed by atoms with E-state index in [1.165, 1.54) is 4.52 Å². The van der Waals surface area contributed by atoms with Crippen LogP contribution in [0.3, 0.4) is 0 Å². The van der Waals surface area contributed by atoms with Gasteiger partial charge >= 0.3 is 5.97 Å². The first-order valence-electron chi connectivity index (χ1n) is 9.39. The van der Waals surface area contributed by atoms with Crippen molar-refractivity contribution < 1.29 is 32.2 Å². The number of pyridine rings is 1. The summed E-state index contributed by atoms with van der Waals surface area (Å²) in [6, 6.07) is 4.80. The second-order valence-electron chi connectivity index (χ2n) is 6.93. The zero-order valence-electron chi connectivity index (χ0n) is 16.9. The van der Waals surface area contributed by atoms with Crippen LogP contribution in [0.25, 0.3) is 5.52 Å². The van der Waals surface area contributed by atoms with E-state index in [1.54, 1.807) is 26.0 Å². The topological polar surface area (TPSA) is 95.9 Å². The average Bonchev–Trinajstić information content (AvgIpc) is 3.31. The van der Waals surface area contributed by atoms with E-state index in [4.69, 9.17) is 10.5 Å². The number of rotatable bonds is 4. The quantitative estimate of drug-likeness (QED) is 0.501. The standard InChI is InChI=1S/C17H14F3N3O2.C4H6O2/c1-8-5-13-15(17(21)24)9(2)22-23(13)14(6-8)25-7-10-11(18)3-4-12(19)16(10)20;5-4-2-1-3-6-4/h3-6H,7H2,1-2H3,(H2,21,24);1-3H2. The van der Waals surface area contributed by atoms with Crippen LogP contribution in [0.2, 0.25) is 0 Å². The van der Waals surface area contributed by atoms with Crippen LogP contribution in [0.5, 0.6) is 5.88 Å². The van der Waals surface area contributed by atoms with Crippen molar-refractivity contribution in [3.05, 3.63) is 64.1 Å². The predicted molar refractivity (Wildman–Crippen MR) is 104 cm³/mol. The van der Waals surface area contributed by atoms with Gasteiger partial charge in [-0.2, -0.15) is 9.61 Å². The third-order valence-corrected chi connectivity index (χ3v) is 4.56. The number of fused-ring (bicyclic) bond motifs is 1. The molecule has 1 aliphatic rings. The van der Waals surface area contributed by atoms with Crippen molar-refractivity contribution in [1.82, 2.24) is 9.61 Å². The minimum Gasteiger partial charge on any atom is -0.473 e. The Labute approximate surface area is 175 Å². The fourth-order valence-corrected chi connectivity index (χ4v) is 3.09. The molecule has 1 amide bonds. The molecule has 4 rings (SSSR count). The number of benzene rings is 1. The van der Waals surface area contributed by atoms with Crippen LogP contribution in [0.1, 0.15) is 40.0 Å². The second-order valence-corrected chi connectivity index (χ2v) is 6.93. The van der Waals surface area contributed by atoms with Crippen LogP contribution < -0.4 is 10.5 Å². The summed E-state index contributed by atoms with van der Waals surface area (Å²) in [7, 11) is 0. The van der Waals surface area contributed by atoms with E-state index in [2.05, 4.69) is 9.84 Å². The van der Waals surface area contributed by atoms with Gasteiger partial charge in [0.15, 0.2) is 11.6 Å². The number of aryl methyl sites for hydroxylation is 2. The van der Waals surface area contributed by atoms with Gasteiger partial charge in [0.25, 0.3) is 5.91 Å². The predicted octanol–water partition coefficient (Wildman–Crippen LogP) is 3.37. The van der Waals surface area contributed by atoms with Gasteiger partial charge in [-0.3, -0.25) is 9.59 Å². The molecule has 0 saturated carbocycles. The number of carbonyl (C=O) groups excluding carboxylic acids is 2. The molecular formula is C21H20F3N3O4. The molecule has 2 N–H and O–H groups in total. The molecule has 0 spiro atoms. The van der Waals surface area contributed by atoms with Gasteiger partial charge in [-0.25, -0.2) is 13.2 Å². The number of hydrogen-bond acceptors (Lipinski definition) is 5. The number of halogens is 3. The molecular weight excluding hydrogens is 415 g/mol. The molecule has 10 heteroatoms. The van der Waals surface area contributed by atoms with Crippen molar-refractivity contribution in [2.24, 2.45) is 5.73 Å². The van der Waals surface area contributed by atoms with Crippen molar-refractivity contribution in [2.75, 3.05) is 6.61 Å². The van der Waals surface area contributed by atoms with Gasteiger partial charge in [0.05, 0.1) is 28.9 Å². The fourth-order valence-electron chi connectivity index (χ4n) is 3.09. The Balaban J connectivity index is 0.000000391. The molecule has 31 heavy (non-hydrogen) atoms. The normalized spacial score (nSPS) is 13.0. The van der Waals surface area contributed by atoms with E-state index < -0.39 is 35.5 Å². The minimum absolute atomic E-state index is 0.0463. The zero-order valence-corrected chi connectivity index (χ0v) is 16.9. The number of nitrogens with zero attached hydrogens (tertiary/aromatic N) is 2. The molecule has 0 bridgehead atoms. The molecule has 1 aliphatic heterocycles. The maximum absolute atomic E-state index is 13.8. The lowest BCUT2D eigenvalue weighted by Gasteiger charge is -2.11. The molecule has 1 fully saturated rings. The number of aromatic nitrogens is 2. The number of cyclic esters (lactones) is 1. The molecule has 0 atom stereocenters. The Morgan fingerprint density at radius 1 is 1.23 bits per heavy atom. The molecule has 0 radical (unpaired) electrons. The van der Waals surface area contributed by atoms with Gasteiger partial charge in [0, 0.05) is 12.5 Å². The van der Waals surface area contributed by atoms with Crippen LogP contribution in [0.15, 0.2) is 24.3 Å². The smallest absolute Gasteiger partial charge is 0.305 e. The summed E-state index contributed by atoms with van der Waals surface area (Å²) in [5, 5.41) is 4.18. The van der Waals surface area contributed by atoms with Crippen molar-refractivity contribution in [1.29, 1.82) is 0 Å². The maximum atomic E-state index is 13.8. The highest BCUT2D eigenvalue weighted by molar-refractivity contribution is 6.01. The summed E-state index contributed by atoms with van der Waals surface area (Å²) < 4.78 is 52.0. The van der Waals surface area contributed by atoms with E-state index in [9.17, 15) is 22.8 Å². The van der Waals surface area contributed by atoms with Gasteiger partial charge in [-0.1, -0.05) is 0 Å². The van der Waals surface area contributed by atoms with Crippen LogP contribution >= 0.6 is 0 Å². The van der Waals surface area contributed by atoms with Gasteiger partial charge in [-0.15, -0.1) is 0 Å². The molecule has 1 aromatic carbocycles. The monoisotopic (exact) mass is 435 g/mol. The third kappa shape index (κ3) is 4.79. The number of carbonyl (C=O) groups is 2. The Morgan fingerprint density at radius 2 is 1.94 bits per heavy atom. The molecule has 7 nitrogen and oxygen atoms in total. The van der Waals surface area contributed by atoms with E-state index in [-0.39, 0.29) is 17.4 Å². The summed E-state index contributed by atoms with van der Waals surface area (Å²) in [5.74, 6) is -3.94. The molecule has 2 aromatic heterocycles. The lowest BCUT2D eigenvalue weighted by atomic mass is 10.1. The van der Waals surface area contributed by atoms with Gasteiger partial charge < -0.3 is 15.2 Å². The molecule has 3 heterocycles. The number of amides is 1. The first-order valence-corrected chi connectivity index (χ1v) is 9.39. The summed E-state index contributed by atoms with van der Waals surface area (Å²) in [4.78, 5) is 21.6. The van der Waals surface area contributed by atoms with Gasteiger partial charge in [0.2, 0.25) is 5.88 Å². The lowest BCUT2D eigenvalue weighted by Crippen LogP contribution is -2.12. The molecule has 0 unspecified atom stereocenters.